The molecular weight excluding hydrogens is 146 g/mol. The average Bonchev–Trinajstić information content (AvgIpc) is 1.98. The zero-order valence-electron chi connectivity index (χ0n) is 6.59. The Labute approximate surface area is 66.8 Å². The van der Waals surface area contributed by atoms with Gasteiger partial charge in [-0.15, -0.1) is 0 Å². The predicted octanol–water partition coefficient (Wildman–Crippen LogP) is 1.26. The minimum Gasteiger partial charge on any atom is -0.356 e. The summed E-state index contributed by atoms with van der Waals surface area (Å²) < 4.78 is 0. The van der Waals surface area contributed by atoms with Crippen LogP contribution >= 0.6 is 11.8 Å². The van der Waals surface area contributed by atoms with Crippen molar-refractivity contribution in [1.82, 2.24) is 5.32 Å². The van der Waals surface area contributed by atoms with Crippen LogP contribution in [-0.2, 0) is 4.79 Å². The summed E-state index contributed by atoms with van der Waals surface area (Å²) in [7, 11) is 0. The van der Waals surface area contributed by atoms with E-state index in [2.05, 4.69) is 18.5 Å². The maximum Gasteiger partial charge on any atom is 0.207 e. The van der Waals surface area contributed by atoms with Crippen LogP contribution in [0.3, 0.4) is 0 Å². The second kappa shape index (κ2) is 6.93. The molecule has 0 aromatic heterocycles. The summed E-state index contributed by atoms with van der Waals surface area (Å²) in [6.07, 6.45) is 4.97. The van der Waals surface area contributed by atoms with E-state index >= 15 is 0 Å². The van der Waals surface area contributed by atoms with Gasteiger partial charge in [0.05, 0.1) is 0 Å². The van der Waals surface area contributed by atoms with Gasteiger partial charge in [-0.05, 0) is 24.9 Å². The number of carbonyl (C=O) groups excluding carboxylic acids is 1. The van der Waals surface area contributed by atoms with Gasteiger partial charge in [-0.25, -0.2) is 0 Å². The molecule has 0 fully saturated rings. The summed E-state index contributed by atoms with van der Waals surface area (Å²) in [6.45, 7) is 2.08. The van der Waals surface area contributed by atoms with E-state index in [9.17, 15) is 4.79 Å². The van der Waals surface area contributed by atoms with Gasteiger partial charge < -0.3 is 5.32 Å². The van der Waals surface area contributed by atoms with Crippen molar-refractivity contribution < 1.29 is 4.79 Å². The van der Waals surface area contributed by atoms with Crippen molar-refractivity contribution in [3.63, 3.8) is 0 Å². The lowest BCUT2D eigenvalue weighted by Crippen LogP contribution is -2.27. The first-order valence-corrected chi connectivity index (χ1v) is 4.93. The molecule has 0 aromatic carbocycles. The van der Waals surface area contributed by atoms with Crippen molar-refractivity contribution in [3.8, 4) is 0 Å². The number of carbonyl (C=O) groups is 1. The molecule has 1 amide bonds. The number of amides is 1. The fourth-order valence-corrected chi connectivity index (χ4v) is 1.28. The van der Waals surface area contributed by atoms with E-state index in [4.69, 9.17) is 0 Å². The molecule has 0 aliphatic carbocycles. The molecule has 0 aliphatic heterocycles. The molecule has 1 atom stereocenters. The Kier molecular flexibility index (Phi) is 6.81. The van der Waals surface area contributed by atoms with E-state index < -0.39 is 0 Å². The normalized spacial score (nSPS) is 12.6. The van der Waals surface area contributed by atoms with E-state index in [1.165, 1.54) is 0 Å². The van der Waals surface area contributed by atoms with Crippen LogP contribution in [0.5, 0.6) is 0 Å². The first kappa shape index (κ1) is 9.82. The lowest BCUT2D eigenvalue weighted by molar-refractivity contribution is -0.110. The minimum atomic E-state index is 0.380. The van der Waals surface area contributed by atoms with Gasteiger partial charge in [-0.1, -0.05) is 6.92 Å². The Morgan fingerprint density at radius 2 is 2.40 bits per heavy atom. The highest BCUT2D eigenvalue weighted by molar-refractivity contribution is 7.98. The predicted molar refractivity (Wildman–Crippen MR) is 46.3 cm³/mol. The van der Waals surface area contributed by atoms with Crippen LogP contribution in [0.4, 0.5) is 0 Å². The molecule has 0 saturated carbocycles. The Bertz CT molecular complexity index is 87.7. The standard InChI is InChI=1S/C7H15NOS/c1-3-7(8-6-9)4-5-10-2/h6-7H,3-5H2,1-2H3,(H,8,9). The highest BCUT2D eigenvalue weighted by atomic mass is 32.2. The zero-order valence-corrected chi connectivity index (χ0v) is 7.41. The molecule has 0 radical (unpaired) electrons. The van der Waals surface area contributed by atoms with Crippen molar-refractivity contribution >= 4 is 18.2 Å². The van der Waals surface area contributed by atoms with E-state index in [1.807, 2.05) is 11.8 Å². The Balaban J connectivity index is 3.29. The maximum atomic E-state index is 10.0. The maximum absolute atomic E-state index is 10.0. The second-order valence-corrected chi connectivity index (χ2v) is 3.16. The molecule has 1 unspecified atom stereocenters. The van der Waals surface area contributed by atoms with Crippen LogP contribution in [0.2, 0.25) is 0 Å². The summed E-state index contributed by atoms with van der Waals surface area (Å²) in [5.41, 5.74) is 0. The third-order valence-corrected chi connectivity index (χ3v) is 2.11. The van der Waals surface area contributed by atoms with Crippen LogP contribution in [0.25, 0.3) is 0 Å². The molecule has 1 N–H and O–H groups in total. The molecule has 0 saturated heterocycles. The van der Waals surface area contributed by atoms with Gasteiger partial charge >= 0.3 is 0 Å². The molecule has 3 heteroatoms. The van der Waals surface area contributed by atoms with Gasteiger partial charge in [0.2, 0.25) is 6.41 Å². The van der Waals surface area contributed by atoms with Crippen molar-refractivity contribution in [2.24, 2.45) is 0 Å². The summed E-state index contributed by atoms with van der Waals surface area (Å²) in [5.74, 6) is 1.12. The molecule has 60 valence electrons. The zero-order chi connectivity index (χ0) is 7.82. The van der Waals surface area contributed by atoms with Gasteiger partial charge in [-0.3, -0.25) is 4.79 Å². The number of thioether (sulfide) groups is 1. The Morgan fingerprint density at radius 3 is 2.80 bits per heavy atom. The molecular formula is C7H15NOS. The van der Waals surface area contributed by atoms with Crippen molar-refractivity contribution in [1.29, 1.82) is 0 Å². The van der Waals surface area contributed by atoms with Gasteiger partial charge in [-0.2, -0.15) is 11.8 Å². The summed E-state index contributed by atoms with van der Waals surface area (Å²) in [4.78, 5) is 10.0. The van der Waals surface area contributed by atoms with Crippen molar-refractivity contribution in [2.45, 2.75) is 25.8 Å². The third kappa shape index (κ3) is 4.68. The number of hydrogen-bond acceptors (Lipinski definition) is 2. The monoisotopic (exact) mass is 161 g/mol. The SMILES string of the molecule is CCC(CCSC)NC=O. The highest BCUT2D eigenvalue weighted by Gasteiger charge is 2.01. The van der Waals surface area contributed by atoms with Crippen LogP contribution < -0.4 is 5.32 Å². The van der Waals surface area contributed by atoms with Crippen molar-refractivity contribution in [3.05, 3.63) is 0 Å². The molecule has 0 aliphatic rings. The fourth-order valence-electron chi connectivity index (χ4n) is 0.762. The topological polar surface area (TPSA) is 29.1 Å². The molecule has 0 rings (SSSR count). The Morgan fingerprint density at radius 1 is 1.70 bits per heavy atom. The fraction of sp³-hybridized carbons (Fsp3) is 0.857. The van der Waals surface area contributed by atoms with E-state index in [0.29, 0.717) is 6.04 Å². The molecule has 0 aromatic rings. The average molecular weight is 161 g/mol. The smallest absolute Gasteiger partial charge is 0.207 e. The lowest BCUT2D eigenvalue weighted by atomic mass is 10.2. The third-order valence-electron chi connectivity index (χ3n) is 1.47. The quantitative estimate of drug-likeness (QED) is 0.594. The van der Waals surface area contributed by atoms with Crippen molar-refractivity contribution in [2.75, 3.05) is 12.0 Å². The van der Waals surface area contributed by atoms with E-state index in [1.54, 1.807) is 0 Å². The Hall–Kier alpha value is -0.180. The van der Waals surface area contributed by atoms with E-state index in [-0.39, 0.29) is 0 Å². The summed E-state index contributed by atoms with van der Waals surface area (Å²) in [6, 6.07) is 0.380. The molecule has 0 spiro atoms. The minimum absolute atomic E-state index is 0.380. The largest absolute Gasteiger partial charge is 0.356 e. The van der Waals surface area contributed by atoms with Crippen LogP contribution in [0.1, 0.15) is 19.8 Å². The molecule has 2 nitrogen and oxygen atoms in total. The number of hydrogen-bond donors (Lipinski definition) is 1. The van der Waals surface area contributed by atoms with E-state index in [0.717, 1.165) is 25.0 Å². The van der Waals surface area contributed by atoms with Crippen LogP contribution in [0, 0.1) is 0 Å². The number of rotatable bonds is 6. The van der Waals surface area contributed by atoms with Gasteiger partial charge in [0.25, 0.3) is 0 Å². The molecule has 0 bridgehead atoms. The van der Waals surface area contributed by atoms with Gasteiger partial charge in [0, 0.05) is 6.04 Å². The first-order valence-electron chi connectivity index (χ1n) is 3.53. The first-order chi connectivity index (χ1) is 4.85. The van der Waals surface area contributed by atoms with Gasteiger partial charge in [0.15, 0.2) is 0 Å². The van der Waals surface area contributed by atoms with Gasteiger partial charge in [0.1, 0.15) is 0 Å². The number of nitrogens with one attached hydrogen (secondary N) is 1. The summed E-state index contributed by atoms with van der Waals surface area (Å²) in [5, 5.41) is 2.77. The lowest BCUT2D eigenvalue weighted by Gasteiger charge is -2.11. The highest BCUT2D eigenvalue weighted by Crippen LogP contribution is 2.02. The van der Waals surface area contributed by atoms with Crippen LogP contribution in [0.15, 0.2) is 0 Å². The summed E-state index contributed by atoms with van der Waals surface area (Å²) >= 11 is 1.82. The molecule has 0 heterocycles. The van der Waals surface area contributed by atoms with Crippen LogP contribution in [-0.4, -0.2) is 24.5 Å². The molecule has 10 heavy (non-hydrogen) atoms. The second-order valence-electron chi connectivity index (χ2n) is 2.17.